The van der Waals surface area contributed by atoms with Gasteiger partial charge >= 0.3 is 0 Å². The van der Waals surface area contributed by atoms with E-state index in [9.17, 15) is 4.79 Å². The zero-order valence-electron chi connectivity index (χ0n) is 13.4. The van der Waals surface area contributed by atoms with Crippen LogP contribution in [0.15, 0.2) is 30.3 Å². The number of hydrogen-bond acceptors (Lipinski definition) is 4. The molecule has 4 rings (SSSR count). The van der Waals surface area contributed by atoms with Crippen molar-refractivity contribution in [2.45, 2.75) is 19.9 Å². The number of aryl methyl sites for hydroxylation is 1. The molecular weight excluding hydrogens is 306 g/mol. The summed E-state index contributed by atoms with van der Waals surface area (Å²) in [6, 6.07) is 10.2. The molecule has 0 bridgehead atoms. The molecule has 1 aliphatic carbocycles. The van der Waals surface area contributed by atoms with Crippen LogP contribution in [0.3, 0.4) is 0 Å². The van der Waals surface area contributed by atoms with Gasteiger partial charge in [-0.05, 0) is 30.2 Å². The van der Waals surface area contributed by atoms with E-state index in [1.54, 1.807) is 11.3 Å². The first-order valence-corrected chi connectivity index (χ1v) is 8.97. The molecule has 1 amide bonds. The molecule has 0 radical (unpaired) electrons. The average Bonchev–Trinajstić information content (AvgIpc) is 2.94. The Morgan fingerprint density at radius 1 is 1.39 bits per heavy atom. The topological polar surface area (TPSA) is 59.2 Å². The van der Waals surface area contributed by atoms with Crippen molar-refractivity contribution < 1.29 is 4.79 Å². The summed E-state index contributed by atoms with van der Waals surface area (Å²) in [4.78, 5) is 20.6. The number of aromatic nitrogens is 1. The average molecular weight is 327 g/mol. The molecule has 1 saturated heterocycles. The molecule has 4 atom stereocenters. The monoisotopic (exact) mass is 327 g/mol. The molecule has 2 aromatic rings. The van der Waals surface area contributed by atoms with E-state index in [0.29, 0.717) is 30.0 Å². The molecule has 3 unspecified atom stereocenters. The number of amides is 1. The third-order valence-corrected chi connectivity index (χ3v) is 6.38. The summed E-state index contributed by atoms with van der Waals surface area (Å²) in [7, 11) is 0. The van der Waals surface area contributed by atoms with Crippen molar-refractivity contribution in [2.75, 3.05) is 13.1 Å². The predicted molar refractivity (Wildman–Crippen MR) is 92.3 cm³/mol. The van der Waals surface area contributed by atoms with Crippen LogP contribution in [0.1, 0.15) is 22.4 Å². The van der Waals surface area contributed by atoms with Gasteiger partial charge in [-0.1, -0.05) is 37.3 Å². The number of rotatable bonds is 3. The lowest BCUT2D eigenvalue weighted by molar-refractivity contribution is 0.0697. The molecule has 4 nitrogen and oxygen atoms in total. The van der Waals surface area contributed by atoms with E-state index in [-0.39, 0.29) is 11.9 Å². The minimum Gasteiger partial charge on any atom is -0.332 e. The van der Waals surface area contributed by atoms with Crippen LogP contribution >= 0.6 is 11.3 Å². The van der Waals surface area contributed by atoms with Crippen LogP contribution in [0.2, 0.25) is 0 Å². The third-order valence-electron chi connectivity index (χ3n) is 5.36. The molecule has 2 heterocycles. The largest absolute Gasteiger partial charge is 0.332 e. The summed E-state index contributed by atoms with van der Waals surface area (Å²) in [5, 5.41) is 0.925. The minimum absolute atomic E-state index is 0.0445. The van der Waals surface area contributed by atoms with Gasteiger partial charge in [0, 0.05) is 19.1 Å². The van der Waals surface area contributed by atoms with Gasteiger partial charge in [-0.15, -0.1) is 11.3 Å². The Morgan fingerprint density at radius 2 is 2.13 bits per heavy atom. The maximum Gasteiger partial charge on any atom is 0.274 e. The number of carbonyl (C=O) groups is 1. The summed E-state index contributed by atoms with van der Waals surface area (Å²) in [6.07, 6.45) is 0. The number of thiazole rings is 1. The van der Waals surface area contributed by atoms with Crippen LogP contribution in [0.4, 0.5) is 0 Å². The van der Waals surface area contributed by atoms with Gasteiger partial charge < -0.3 is 10.6 Å². The molecule has 1 aromatic heterocycles. The summed E-state index contributed by atoms with van der Waals surface area (Å²) in [5.74, 6) is 1.97. The summed E-state index contributed by atoms with van der Waals surface area (Å²) >= 11 is 1.59. The lowest BCUT2D eigenvalue weighted by atomic mass is 10.1. The Balaban J connectivity index is 1.68. The summed E-state index contributed by atoms with van der Waals surface area (Å²) in [5.41, 5.74) is 7.61. The second-order valence-corrected chi connectivity index (χ2v) is 7.84. The molecule has 2 aliphatic rings. The highest BCUT2D eigenvalue weighted by Gasteiger charge is 2.59. The van der Waals surface area contributed by atoms with Crippen molar-refractivity contribution in [3.05, 3.63) is 41.0 Å². The molecule has 0 spiro atoms. The van der Waals surface area contributed by atoms with E-state index < -0.39 is 0 Å². The fourth-order valence-corrected chi connectivity index (χ4v) is 5.00. The Kier molecular flexibility index (Phi) is 3.50. The fraction of sp³-hybridized carbons (Fsp3) is 0.444. The molecule has 2 N–H and O–H groups in total. The van der Waals surface area contributed by atoms with Crippen LogP contribution < -0.4 is 5.73 Å². The van der Waals surface area contributed by atoms with E-state index in [4.69, 9.17) is 5.73 Å². The standard InChI is InChI=1S/C18H21N3OS/c1-10-13-9-21(14(8-19)15(10)13)18(22)16-17(23-11(2)20-16)12-6-4-3-5-7-12/h3-7,10,13-15H,8-9,19H2,1-2H3/t10-,13?,14?,15?/m1/s1. The van der Waals surface area contributed by atoms with Crippen molar-refractivity contribution in [1.29, 1.82) is 0 Å². The first-order chi connectivity index (χ1) is 11.1. The van der Waals surface area contributed by atoms with Crippen molar-refractivity contribution in [1.82, 2.24) is 9.88 Å². The van der Waals surface area contributed by atoms with Gasteiger partial charge in [-0.25, -0.2) is 4.98 Å². The summed E-state index contributed by atoms with van der Waals surface area (Å²) in [6.45, 7) is 5.60. The predicted octanol–water partition coefficient (Wildman–Crippen LogP) is 2.78. The van der Waals surface area contributed by atoms with Crippen LogP contribution in [-0.2, 0) is 0 Å². The number of likely N-dealkylation sites (tertiary alicyclic amines) is 1. The van der Waals surface area contributed by atoms with E-state index in [1.807, 2.05) is 42.2 Å². The Morgan fingerprint density at radius 3 is 2.83 bits per heavy atom. The molecule has 1 saturated carbocycles. The maximum atomic E-state index is 13.1. The zero-order chi connectivity index (χ0) is 16.1. The Hall–Kier alpha value is -1.72. The van der Waals surface area contributed by atoms with Gasteiger partial charge in [0.15, 0.2) is 0 Å². The normalized spacial score (nSPS) is 28.7. The van der Waals surface area contributed by atoms with Crippen molar-refractivity contribution in [2.24, 2.45) is 23.5 Å². The number of fused-ring (bicyclic) bond motifs is 1. The van der Waals surface area contributed by atoms with Crippen molar-refractivity contribution in [3.8, 4) is 10.4 Å². The van der Waals surface area contributed by atoms with E-state index >= 15 is 0 Å². The molecule has 23 heavy (non-hydrogen) atoms. The van der Waals surface area contributed by atoms with Crippen molar-refractivity contribution in [3.63, 3.8) is 0 Å². The van der Waals surface area contributed by atoms with Crippen molar-refractivity contribution >= 4 is 17.2 Å². The smallest absolute Gasteiger partial charge is 0.274 e. The van der Waals surface area contributed by atoms with E-state index in [1.165, 1.54) is 0 Å². The molecule has 2 fully saturated rings. The molecule has 1 aromatic carbocycles. The van der Waals surface area contributed by atoms with Crippen LogP contribution in [0.25, 0.3) is 10.4 Å². The van der Waals surface area contributed by atoms with Gasteiger partial charge in [0.2, 0.25) is 0 Å². The summed E-state index contributed by atoms with van der Waals surface area (Å²) < 4.78 is 0. The number of benzene rings is 1. The van der Waals surface area contributed by atoms with Gasteiger partial charge in [-0.2, -0.15) is 0 Å². The third kappa shape index (κ3) is 2.30. The zero-order valence-corrected chi connectivity index (χ0v) is 14.2. The van der Waals surface area contributed by atoms with Crippen LogP contribution in [-0.4, -0.2) is 34.9 Å². The SMILES string of the molecule is Cc1nc(C(=O)N2CC3C(C2CN)[C@@H]3C)c(-c2ccccc2)s1. The first kappa shape index (κ1) is 14.8. The lowest BCUT2D eigenvalue weighted by Gasteiger charge is -2.27. The number of carbonyl (C=O) groups excluding carboxylic acids is 1. The van der Waals surface area contributed by atoms with E-state index in [2.05, 4.69) is 11.9 Å². The van der Waals surface area contributed by atoms with Gasteiger partial charge in [0.1, 0.15) is 5.69 Å². The number of nitrogens with two attached hydrogens (primary N) is 1. The number of piperidine rings is 1. The maximum absolute atomic E-state index is 13.1. The molecule has 120 valence electrons. The minimum atomic E-state index is 0.0445. The number of hydrogen-bond donors (Lipinski definition) is 1. The van der Waals surface area contributed by atoms with Gasteiger partial charge in [0.05, 0.1) is 9.88 Å². The highest BCUT2D eigenvalue weighted by atomic mass is 32.1. The molecular formula is C18H21N3OS. The van der Waals surface area contributed by atoms with E-state index in [0.717, 1.165) is 22.0 Å². The quantitative estimate of drug-likeness (QED) is 0.943. The molecule has 5 heteroatoms. The Bertz CT molecular complexity index is 742. The second-order valence-electron chi connectivity index (χ2n) is 6.64. The second kappa shape index (κ2) is 5.42. The van der Waals surface area contributed by atoms with Gasteiger partial charge in [0.25, 0.3) is 5.91 Å². The van der Waals surface area contributed by atoms with Crippen LogP contribution in [0, 0.1) is 24.7 Å². The Labute approximate surface area is 140 Å². The molecule has 1 aliphatic heterocycles. The highest BCUT2D eigenvalue weighted by Crippen LogP contribution is 2.55. The fourth-order valence-electron chi connectivity index (χ4n) is 4.08. The number of nitrogens with zero attached hydrogens (tertiary/aromatic N) is 2. The lowest BCUT2D eigenvalue weighted by Crippen LogP contribution is -2.43. The first-order valence-electron chi connectivity index (χ1n) is 8.15. The van der Waals surface area contributed by atoms with Gasteiger partial charge in [-0.3, -0.25) is 4.79 Å². The van der Waals surface area contributed by atoms with Crippen LogP contribution in [0.5, 0.6) is 0 Å². The highest BCUT2D eigenvalue weighted by molar-refractivity contribution is 7.15.